The average molecular weight is 355 g/mol. The molecule has 7 rings (SSSR count). The second kappa shape index (κ2) is 5.02. The number of nitrogens with zero attached hydrogens (tertiary/aromatic N) is 1. The SMILES string of the molecule is CC1CC2C[C@@H](C1)N2C(=O)NC1CCC(Cl)C(C23CC(F)(C2)C3)C1. The zero-order valence-corrected chi connectivity index (χ0v) is 15.2. The lowest BCUT2D eigenvalue weighted by Gasteiger charge is -2.70. The number of piperidine rings is 1. The standard InChI is InChI=1S/C19H28ClFN2O/c1-11-4-13-7-14(5-11)23(13)17(24)22-12-2-3-16(20)15(6-12)18-8-19(21,9-18)10-18/h11-16H,2-10H2,1H3,(H,22,24)/t11?,12?,13-,14?,15?,16?,18?,19?/m1/s1. The molecule has 3 nitrogen and oxygen atoms in total. The molecule has 2 amide bonds. The van der Waals surface area contributed by atoms with Gasteiger partial charge in [0.2, 0.25) is 0 Å². The molecule has 2 aliphatic heterocycles. The minimum absolute atomic E-state index is 0.138. The Labute approximate surface area is 148 Å². The summed E-state index contributed by atoms with van der Waals surface area (Å²) in [7, 11) is 0. The molecule has 0 spiro atoms. The number of halogens is 2. The molecule has 1 N–H and O–H groups in total. The van der Waals surface area contributed by atoms with E-state index in [1.165, 1.54) is 6.42 Å². The second-order valence-corrected chi connectivity index (χ2v) is 10.2. The lowest BCUT2D eigenvalue weighted by atomic mass is 9.37. The fourth-order valence-electron chi connectivity index (χ4n) is 6.76. The summed E-state index contributed by atoms with van der Waals surface area (Å²) in [5.41, 5.74) is -0.703. The van der Waals surface area contributed by atoms with Gasteiger partial charge < -0.3 is 10.2 Å². The third-order valence-corrected chi connectivity index (χ3v) is 8.32. The van der Waals surface area contributed by atoms with Crippen LogP contribution < -0.4 is 5.32 Å². The van der Waals surface area contributed by atoms with E-state index in [0.29, 0.717) is 37.3 Å². The average Bonchev–Trinajstić information content (AvgIpc) is 2.44. The van der Waals surface area contributed by atoms with Gasteiger partial charge >= 0.3 is 6.03 Å². The Balaban J connectivity index is 1.20. The van der Waals surface area contributed by atoms with Gasteiger partial charge in [-0.25, -0.2) is 9.18 Å². The summed E-state index contributed by atoms with van der Waals surface area (Å²) in [6, 6.07) is 1.28. The first-order chi connectivity index (χ1) is 11.4. The number of fused-ring (bicyclic) bond motifs is 2. The van der Waals surface area contributed by atoms with Crippen molar-refractivity contribution >= 4 is 17.6 Å². The Morgan fingerprint density at radius 1 is 1.12 bits per heavy atom. The fraction of sp³-hybridized carbons (Fsp3) is 0.947. The van der Waals surface area contributed by atoms with Gasteiger partial charge in [0.25, 0.3) is 0 Å². The summed E-state index contributed by atoms with van der Waals surface area (Å²) in [4.78, 5) is 14.8. The number of rotatable bonds is 2. The first-order valence-corrected chi connectivity index (χ1v) is 10.2. The first-order valence-electron chi connectivity index (χ1n) is 9.79. The molecule has 24 heavy (non-hydrogen) atoms. The van der Waals surface area contributed by atoms with Crippen LogP contribution in [0.3, 0.4) is 0 Å². The third kappa shape index (κ3) is 2.17. The summed E-state index contributed by atoms with van der Waals surface area (Å²) in [5.74, 6) is 1.14. The highest BCUT2D eigenvalue weighted by Gasteiger charge is 2.72. The van der Waals surface area contributed by atoms with Crippen molar-refractivity contribution in [3.8, 4) is 0 Å². The van der Waals surface area contributed by atoms with E-state index < -0.39 is 5.67 Å². The van der Waals surface area contributed by atoms with Crippen LogP contribution in [0.1, 0.15) is 64.7 Å². The minimum atomic E-state index is -0.863. The molecule has 7 aliphatic rings. The molecule has 5 saturated carbocycles. The van der Waals surface area contributed by atoms with E-state index in [9.17, 15) is 9.18 Å². The molecule has 5 aliphatic carbocycles. The van der Waals surface area contributed by atoms with Crippen molar-refractivity contribution in [2.24, 2.45) is 17.3 Å². The van der Waals surface area contributed by atoms with E-state index in [4.69, 9.17) is 11.6 Å². The van der Waals surface area contributed by atoms with Crippen LogP contribution in [0.25, 0.3) is 0 Å². The van der Waals surface area contributed by atoms with Gasteiger partial charge in [0.15, 0.2) is 0 Å². The monoisotopic (exact) mass is 354 g/mol. The van der Waals surface area contributed by atoms with Gasteiger partial charge in [0, 0.05) is 23.5 Å². The maximum Gasteiger partial charge on any atom is 0.318 e. The smallest absolute Gasteiger partial charge is 0.318 e. The molecule has 2 saturated heterocycles. The summed E-state index contributed by atoms with van der Waals surface area (Å²) in [6.45, 7) is 2.29. The Bertz CT molecular complexity index is 538. The molecule has 0 radical (unpaired) electrons. The maximum absolute atomic E-state index is 13.9. The number of nitrogens with one attached hydrogen (secondary N) is 1. The molecule has 5 unspecified atom stereocenters. The molecular formula is C19H28ClFN2O. The molecule has 0 aromatic heterocycles. The Morgan fingerprint density at radius 2 is 1.79 bits per heavy atom. The summed E-state index contributed by atoms with van der Waals surface area (Å²) < 4.78 is 13.9. The summed E-state index contributed by atoms with van der Waals surface area (Å²) >= 11 is 6.60. The third-order valence-electron chi connectivity index (χ3n) is 7.80. The Kier molecular flexibility index (Phi) is 3.29. The van der Waals surface area contributed by atoms with Crippen molar-refractivity contribution in [1.82, 2.24) is 10.2 Å². The fourth-order valence-corrected chi connectivity index (χ4v) is 7.25. The van der Waals surface area contributed by atoms with Crippen LogP contribution in [0.15, 0.2) is 0 Å². The van der Waals surface area contributed by atoms with Gasteiger partial charge in [0.05, 0.1) is 0 Å². The predicted molar refractivity (Wildman–Crippen MR) is 91.9 cm³/mol. The van der Waals surface area contributed by atoms with Crippen LogP contribution in [0, 0.1) is 17.3 Å². The highest BCUT2D eigenvalue weighted by atomic mass is 35.5. The number of hydrogen-bond donors (Lipinski definition) is 1. The van der Waals surface area contributed by atoms with Gasteiger partial charge in [0.1, 0.15) is 5.67 Å². The van der Waals surface area contributed by atoms with Crippen molar-refractivity contribution in [3.05, 3.63) is 0 Å². The van der Waals surface area contributed by atoms with Crippen molar-refractivity contribution < 1.29 is 9.18 Å². The van der Waals surface area contributed by atoms with E-state index in [2.05, 4.69) is 17.1 Å². The van der Waals surface area contributed by atoms with Gasteiger partial charge in [-0.3, -0.25) is 0 Å². The van der Waals surface area contributed by atoms with Gasteiger partial charge in [-0.05, 0) is 75.0 Å². The highest BCUT2D eigenvalue weighted by molar-refractivity contribution is 6.20. The molecular weight excluding hydrogens is 327 g/mol. The number of alkyl halides is 2. The van der Waals surface area contributed by atoms with Crippen molar-refractivity contribution in [3.63, 3.8) is 0 Å². The van der Waals surface area contributed by atoms with E-state index in [1.54, 1.807) is 0 Å². The zero-order chi connectivity index (χ0) is 16.7. The van der Waals surface area contributed by atoms with Crippen LogP contribution in [0.2, 0.25) is 0 Å². The molecule has 4 bridgehead atoms. The largest absolute Gasteiger partial charge is 0.335 e. The van der Waals surface area contributed by atoms with Crippen molar-refractivity contribution in [2.45, 2.75) is 93.9 Å². The lowest BCUT2D eigenvalue weighted by Crippen LogP contribution is -2.70. The number of carbonyl (C=O) groups is 1. The van der Waals surface area contributed by atoms with Crippen LogP contribution >= 0.6 is 11.6 Å². The molecule has 2 heterocycles. The molecule has 6 atom stereocenters. The number of hydrogen-bond acceptors (Lipinski definition) is 1. The molecule has 0 aromatic carbocycles. The predicted octanol–water partition coefficient (Wildman–Crippen LogP) is 4.24. The van der Waals surface area contributed by atoms with Crippen LogP contribution in [0.5, 0.6) is 0 Å². The highest BCUT2D eigenvalue weighted by Crippen LogP contribution is 2.74. The van der Waals surface area contributed by atoms with E-state index in [0.717, 1.165) is 38.0 Å². The topological polar surface area (TPSA) is 32.3 Å². The Morgan fingerprint density at radius 3 is 2.42 bits per heavy atom. The second-order valence-electron chi connectivity index (χ2n) is 9.65. The maximum atomic E-state index is 13.9. The molecule has 134 valence electrons. The summed E-state index contributed by atoms with van der Waals surface area (Å²) in [6.07, 6.45) is 8.49. The van der Waals surface area contributed by atoms with E-state index >= 15 is 0 Å². The van der Waals surface area contributed by atoms with Crippen LogP contribution in [-0.4, -0.2) is 40.1 Å². The van der Waals surface area contributed by atoms with Crippen molar-refractivity contribution in [1.29, 1.82) is 0 Å². The quantitative estimate of drug-likeness (QED) is 0.739. The van der Waals surface area contributed by atoms with Gasteiger partial charge in [-0.2, -0.15) is 0 Å². The van der Waals surface area contributed by atoms with Crippen LogP contribution in [0.4, 0.5) is 9.18 Å². The number of urea groups is 1. The molecule has 5 heteroatoms. The van der Waals surface area contributed by atoms with Crippen LogP contribution in [-0.2, 0) is 0 Å². The first kappa shape index (κ1) is 15.7. The number of carbonyl (C=O) groups excluding carboxylic acids is 1. The molecule has 0 aromatic rings. The zero-order valence-electron chi connectivity index (χ0n) is 14.4. The summed E-state index contributed by atoms with van der Waals surface area (Å²) in [5, 5.41) is 3.46. The van der Waals surface area contributed by atoms with Crippen molar-refractivity contribution in [2.75, 3.05) is 0 Å². The van der Waals surface area contributed by atoms with Gasteiger partial charge in [-0.15, -0.1) is 11.6 Å². The minimum Gasteiger partial charge on any atom is -0.335 e. The van der Waals surface area contributed by atoms with E-state index in [-0.39, 0.29) is 22.9 Å². The van der Waals surface area contributed by atoms with Gasteiger partial charge in [-0.1, -0.05) is 6.92 Å². The Hall–Kier alpha value is -0.510. The van der Waals surface area contributed by atoms with E-state index in [1.807, 2.05) is 0 Å². The lowest BCUT2D eigenvalue weighted by molar-refractivity contribution is -0.246. The normalized spacial score (nSPS) is 55.0. The molecule has 7 fully saturated rings. The number of amides is 2.